The van der Waals surface area contributed by atoms with Gasteiger partial charge in [0, 0.05) is 3.57 Å². The summed E-state index contributed by atoms with van der Waals surface area (Å²) in [5, 5.41) is 8.61. The number of aliphatic carboxylic acids is 1. The lowest BCUT2D eigenvalue weighted by atomic mass is 10.1. The van der Waals surface area contributed by atoms with Gasteiger partial charge in [-0.1, -0.05) is 18.2 Å². The van der Waals surface area contributed by atoms with E-state index in [9.17, 15) is 4.79 Å². The minimum atomic E-state index is -0.959. The van der Waals surface area contributed by atoms with E-state index in [4.69, 9.17) is 10.8 Å². The molecule has 0 fully saturated rings. The van der Waals surface area contributed by atoms with Crippen LogP contribution in [0.25, 0.3) is 0 Å². The molecule has 70 valence electrons. The van der Waals surface area contributed by atoms with Crippen molar-refractivity contribution >= 4 is 28.6 Å². The molecule has 0 aliphatic carbocycles. The van der Waals surface area contributed by atoms with Gasteiger partial charge in [-0.3, -0.25) is 4.79 Å². The summed E-state index contributed by atoms with van der Waals surface area (Å²) in [6.45, 7) is 0. The predicted molar refractivity (Wildman–Crippen MR) is 58.5 cm³/mol. The molecule has 0 bridgehead atoms. The Kier molecular flexibility index (Phi) is 3.68. The van der Waals surface area contributed by atoms with E-state index in [1.807, 2.05) is 24.3 Å². The van der Waals surface area contributed by atoms with Crippen LogP contribution in [-0.4, -0.2) is 17.1 Å². The highest BCUT2D eigenvalue weighted by atomic mass is 122. The Morgan fingerprint density at radius 2 is 2.15 bits per heavy atom. The first kappa shape index (κ1) is 10.5. The molecular formula is C9H10INO2. The van der Waals surface area contributed by atoms with Crippen molar-refractivity contribution in [2.24, 2.45) is 5.73 Å². The summed E-state index contributed by atoms with van der Waals surface area (Å²) in [7, 11) is 0. The molecule has 3 N–H and O–H groups in total. The van der Waals surface area contributed by atoms with Gasteiger partial charge in [-0.2, -0.15) is 0 Å². The predicted octanol–water partition coefficient (Wildman–Crippen LogP) is 1.25. The summed E-state index contributed by atoms with van der Waals surface area (Å²) in [6.07, 6.45) is 0.383. The minimum absolute atomic E-state index is 0.383. The molecule has 0 saturated heterocycles. The first-order chi connectivity index (χ1) is 6.11. The Balaban J connectivity index is 2.74. The average molecular weight is 286 g/mol. The van der Waals surface area contributed by atoms with Crippen LogP contribution in [0.3, 0.4) is 0 Å². The van der Waals surface area contributed by atoms with E-state index in [-0.39, 0.29) is 0 Å². The zero-order valence-electron chi connectivity index (χ0n) is 6.90. The molecule has 0 unspecified atom stereocenters. The molecule has 1 aromatic carbocycles. The first-order valence-corrected chi connectivity index (χ1v) is 4.91. The Hall–Kier alpha value is -0.620. The summed E-state index contributed by atoms with van der Waals surface area (Å²) in [5.74, 6) is -0.959. The van der Waals surface area contributed by atoms with E-state index in [2.05, 4.69) is 22.6 Å². The van der Waals surface area contributed by atoms with Gasteiger partial charge in [0.15, 0.2) is 0 Å². The molecule has 1 aromatic rings. The van der Waals surface area contributed by atoms with Gasteiger partial charge < -0.3 is 10.8 Å². The zero-order valence-corrected chi connectivity index (χ0v) is 9.06. The maximum atomic E-state index is 10.5. The lowest BCUT2D eigenvalue weighted by Crippen LogP contribution is -2.32. The third kappa shape index (κ3) is 2.96. The quantitative estimate of drug-likeness (QED) is 0.822. The second kappa shape index (κ2) is 4.57. The molecule has 1 atom stereocenters. The van der Waals surface area contributed by atoms with Crippen LogP contribution in [0.15, 0.2) is 24.3 Å². The van der Waals surface area contributed by atoms with Crippen LogP contribution in [0.1, 0.15) is 5.56 Å². The molecule has 0 aliphatic heterocycles. The third-order valence-electron chi connectivity index (χ3n) is 1.71. The van der Waals surface area contributed by atoms with Crippen LogP contribution in [0, 0.1) is 3.57 Å². The van der Waals surface area contributed by atoms with E-state index < -0.39 is 12.0 Å². The molecule has 13 heavy (non-hydrogen) atoms. The zero-order chi connectivity index (χ0) is 9.84. The van der Waals surface area contributed by atoms with Crippen molar-refractivity contribution in [3.05, 3.63) is 33.4 Å². The van der Waals surface area contributed by atoms with Crippen molar-refractivity contribution in [3.63, 3.8) is 0 Å². The van der Waals surface area contributed by atoms with Gasteiger partial charge in [-0.15, -0.1) is 0 Å². The molecule has 3 nitrogen and oxygen atoms in total. The number of carboxylic acid groups (broad SMARTS) is 1. The van der Waals surface area contributed by atoms with Gasteiger partial charge in [0.05, 0.1) is 0 Å². The number of nitrogens with two attached hydrogens (primary N) is 1. The molecule has 0 radical (unpaired) electrons. The van der Waals surface area contributed by atoms with Gasteiger partial charge in [0.2, 0.25) is 0 Å². The monoisotopic (exact) mass is 286 g/mol. The topological polar surface area (TPSA) is 63.3 Å². The van der Waals surface area contributed by atoms with Crippen molar-refractivity contribution in [2.75, 3.05) is 0 Å². The second-order valence-electron chi connectivity index (χ2n) is 2.74. The minimum Gasteiger partial charge on any atom is -0.480 e. The first-order valence-electron chi connectivity index (χ1n) is 3.83. The third-order valence-corrected chi connectivity index (χ3v) is 2.77. The van der Waals surface area contributed by atoms with Gasteiger partial charge in [-0.25, -0.2) is 0 Å². The van der Waals surface area contributed by atoms with E-state index >= 15 is 0 Å². The maximum absolute atomic E-state index is 10.5. The number of carboxylic acids is 1. The summed E-state index contributed by atoms with van der Waals surface area (Å²) >= 11 is 2.17. The van der Waals surface area contributed by atoms with E-state index in [1.54, 1.807) is 0 Å². The van der Waals surface area contributed by atoms with Gasteiger partial charge in [0.25, 0.3) is 0 Å². The standard InChI is InChI=1S/C9H10INO2/c10-7-4-2-1-3-6(7)5-8(11)9(12)13/h1-4,8H,5,11H2,(H,12,13)/t8-/m1/s1/i10-5. The summed E-state index contributed by atoms with van der Waals surface area (Å²) in [6, 6.07) is 6.81. The molecular weight excluding hydrogens is 276 g/mol. The Morgan fingerprint density at radius 3 is 2.69 bits per heavy atom. The fourth-order valence-electron chi connectivity index (χ4n) is 0.988. The number of hydrogen-bond acceptors (Lipinski definition) is 2. The average Bonchev–Trinajstić information content (AvgIpc) is 2.08. The smallest absolute Gasteiger partial charge is 0.320 e. The Labute approximate surface area is 90.1 Å². The second-order valence-corrected chi connectivity index (χ2v) is 3.90. The lowest BCUT2D eigenvalue weighted by Gasteiger charge is -2.07. The number of carbonyl (C=O) groups is 1. The van der Waals surface area contributed by atoms with Crippen LogP contribution in [0.5, 0.6) is 0 Å². The molecule has 0 saturated carbocycles. The van der Waals surface area contributed by atoms with Gasteiger partial charge in [0.1, 0.15) is 6.04 Å². The molecule has 0 heterocycles. The highest BCUT2D eigenvalue weighted by Crippen LogP contribution is 2.12. The van der Waals surface area contributed by atoms with Gasteiger partial charge in [-0.05, 0) is 40.6 Å². The number of benzene rings is 1. The molecule has 4 heteroatoms. The van der Waals surface area contributed by atoms with Crippen LogP contribution in [-0.2, 0) is 11.2 Å². The van der Waals surface area contributed by atoms with Crippen molar-refractivity contribution in [1.82, 2.24) is 0 Å². The number of halogens is 1. The van der Waals surface area contributed by atoms with Crippen molar-refractivity contribution in [2.45, 2.75) is 12.5 Å². The maximum Gasteiger partial charge on any atom is 0.320 e. The van der Waals surface area contributed by atoms with E-state index in [0.29, 0.717) is 6.42 Å². The lowest BCUT2D eigenvalue weighted by molar-refractivity contribution is -0.138. The van der Waals surface area contributed by atoms with Crippen LogP contribution < -0.4 is 5.73 Å². The fourth-order valence-corrected chi connectivity index (χ4v) is 1.60. The molecule has 0 spiro atoms. The number of rotatable bonds is 3. The highest BCUT2D eigenvalue weighted by molar-refractivity contribution is 14.1. The largest absolute Gasteiger partial charge is 0.480 e. The fraction of sp³-hybridized carbons (Fsp3) is 0.222. The van der Waals surface area contributed by atoms with Crippen molar-refractivity contribution in [1.29, 1.82) is 0 Å². The Morgan fingerprint density at radius 1 is 1.54 bits per heavy atom. The molecule has 0 amide bonds. The highest BCUT2D eigenvalue weighted by Gasteiger charge is 2.12. The summed E-state index contributed by atoms with van der Waals surface area (Å²) in [4.78, 5) is 10.5. The van der Waals surface area contributed by atoms with E-state index in [1.165, 1.54) is 0 Å². The SMILES string of the molecule is N[C@H](Cc1ccccc1[122I])C(=O)O. The van der Waals surface area contributed by atoms with Crippen LogP contribution >= 0.6 is 22.6 Å². The van der Waals surface area contributed by atoms with E-state index in [0.717, 1.165) is 9.13 Å². The summed E-state index contributed by atoms with van der Waals surface area (Å²) in [5.41, 5.74) is 6.40. The normalized spacial score (nSPS) is 12.5. The molecule has 0 aliphatic rings. The molecule has 0 aromatic heterocycles. The van der Waals surface area contributed by atoms with Crippen LogP contribution in [0.4, 0.5) is 0 Å². The Bertz CT molecular complexity index is 314. The van der Waals surface area contributed by atoms with Crippen LogP contribution in [0.2, 0.25) is 0 Å². The van der Waals surface area contributed by atoms with Crippen molar-refractivity contribution < 1.29 is 9.90 Å². The van der Waals surface area contributed by atoms with Gasteiger partial charge >= 0.3 is 5.97 Å². The molecule has 1 rings (SSSR count). The van der Waals surface area contributed by atoms with Crippen molar-refractivity contribution in [3.8, 4) is 0 Å². The number of hydrogen-bond donors (Lipinski definition) is 2. The summed E-state index contributed by atoms with van der Waals surface area (Å²) < 4.78 is 1.05.